The fourth-order valence-corrected chi connectivity index (χ4v) is 1.75. The van der Waals surface area contributed by atoms with Gasteiger partial charge in [0.25, 0.3) is 0 Å². The van der Waals surface area contributed by atoms with Gasteiger partial charge in [-0.1, -0.05) is 18.2 Å². The quantitative estimate of drug-likeness (QED) is 0.731. The lowest BCUT2D eigenvalue weighted by atomic mass is 10.1. The molecule has 0 heterocycles. The van der Waals surface area contributed by atoms with E-state index >= 15 is 0 Å². The minimum absolute atomic E-state index is 0.176. The van der Waals surface area contributed by atoms with Crippen molar-refractivity contribution < 1.29 is 12.8 Å². The van der Waals surface area contributed by atoms with Gasteiger partial charge in [-0.15, -0.1) is 0 Å². The van der Waals surface area contributed by atoms with Crippen molar-refractivity contribution >= 4 is 9.84 Å². The van der Waals surface area contributed by atoms with E-state index in [0.717, 1.165) is 0 Å². The lowest BCUT2D eigenvalue weighted by Gasteiger charge is -2.03. The van der Waals surface area contributed by atoms with Crippen LogP contribution in [-0.2, 0) is 15.6 Å². The molecule has 4 heteroatoms. The summed E-state index contributed by atoms with van der Waals surface area (Å²) in [5.41, 5.74) is 0.621. The van der Waals surface area contributed by atoms with Gasteiger partial charge in [-0.2, -0.15) is 0 Å². The Kier molecular flexibility index (Phi) is 2.71. The summed E-state index contributed by atoms with van der Waals surface area (Å²) in [6.07, 6.45) is 2.94. The fourth-order valence-electron chi connectivity index (χ4n) is 1.06. The maximum Gasteiger partial charge on any atom is 0.155 e. The number of hydrogen-bond acceptors (Lipinski definition) is 2. The van der Waals surface area contributed by atoms with E-state index in [4.69, 9.17) is 0 Å². The monoisotopic (exact) mass is 201 g/mol. The van der Waals surface area contributed by atoms with Crippen LogP contribution in [0.25, 0.3) is 0 Å². The molecule has 0 unspecified atom stereocenters. The Morgan fingerprint density at radius 1 is 1.46 bits per heavy atom. The molecule has 2 nitrogen and oxygen atoms in total. The number of sulfone groups is 1. The van der Waals surface area contributed by atoms with Crippen LogP contribution < -0.4 is 0 Å². The molecule has 0 saturated carbocycles. The van der Waals surface area contributed by atoms with Crippen molar-refractivity contribution in [2.45, 2.75) is 12.7 Å². The minimum atomic E-state index is -3.41. The highest BCUT2D eigenvalue weighted by Gasteiger charge is 2.10. The van der Waals surface area contributed by atoms with Gasteiger partial charge in [-0.3, -0.25) is 0 Å². The van der Waals surface area contributed by atoms with E-state index < -0.39 is 15.7 Å². The van der Waals surface area contributed by atoms with Crippen LogP contribution in [0.1, 0.15) is 11.1 Å². The molecule has 0 N–H and O–H groups in total. The molecule has 1 aromatic carbocycles. The molecule has 0 atom stereocenters. The van der Waals surface area contributed by atoms with Crippen molar-refractivity contribution in [2.24, 2.45) is 0 Å². The summed E-state index contributed by atoms with van der Waals surface area (Å²) in [5, 5.41) is 0. The van der Waals surface area contributed by atoms with Gasteiger partial charge in [0, 0.05) is 5.56 Å². The third kappa shape index (κ3) is 2.81. The third-order valence-electron chi connectivity index (χ3n) is 1.65. The molecule has 0 aliphatic heterocycles. The van der Waals surface area contributed by atoms with Gasteiger partial charge >= 0.3 is 0 Å². The molecule has 1 rings (SSSR count). The number of benzene rings is 1. The van der Waals surface area contributed by atoms with Gasteiger partial charge in [0.15, 0.2) is 9.84 Å². The molecule has 0 spiro atoms. The average molecular weight is 201 g/mol. The standard InChI is InChI=1S/C9H10FO2S/c1-7-4-3-5-8(9(7)10)6-13(2,11)12/h3-5H,2,6H2,1H3. The second-order valence-corrected chi connectivity index (χ2v) is 4.71. The van der Waals surface area contributed by atoms with E-state index in [-0.39, 0.29) is 11.3 Å². The average Bonchev–Trinajstić information content (AvgIpc) is 1.96. The van der Waals surface area contributed by atoms with E-state index in [9.17, 15) is 12.8 Å². The van der Waals surface area contributed by atoms with Crippen molar-refractivity contribution in [3.63, 3.8) is 0 Å². The van der Waals surface area contributed by atoms with E-state index in [1.165, 1.54) is 6.07 Å². The van der Waals surface area contributed by atoms with Crippen molar-refractivity contribution in [3.05, 3.63) is 41.4 Å². The first-order chi connectivity index (χ1) is 5.90. The molecule has 1 radical (unpaired) electrons. The Labute approximate surface area is 77.3 Å². The summed E-state index contributed by atoms with van der Waals surface area (Å²) in [5.74, 6) is -0.810. The Balaban J connectivity index is 3.10. The van der Waals surface area contributed by atoms with Gasteiger partial charge in [0.05, 0.1) is 12.0 Å². The molecule has 13 heavy (non-hydrogen) atoms. The lowest BCUT2D eigenvalue weighted by Crippen LogP contribution is -2.01. The summed E-state index contributed by atoms with van der Waals surface area (Å²) in [6.45, 7) is 1.59. The molecule has 0 saturated heterocycles. The molecule has 1 aromatic rings. The highest BCUT2D eigenvalue weighted by Crippen LogP contribution is 2.14. The molecule has 0 bridgehead atoms. The van der Waals surface area contributed by atoms with Crippen LogP contribution in [0.3, 0.4) is 0 Å². The predicted molar refractivity (Wildman–Crippen MR) is 49.1 cm³/mol. The number of rotatable bonds is 2. The van der Waals surface area contributed by atoms with E-state index in [2.05, 4.69) is 6.26 Å². The van der Waals surface area contributed by atoms with Crippen LogP contribution in [-0.4, -0.2) is 8.42 Å². The van der Waals surface area contributed by atoms with Crippen molar-refractivity contribution in [3.8, 4) is 0 Å². The fraction of sp³-hybridized carbons (Fsp3) is 0.222. The Bertz CT molecular complexity index is 410. The van der Waals surface area contributed by atoms with Gasteiger partial charge in [0.1, 0.15) is 5.82 Å². The first-order valence-corrected chi connectivity index (χ1v) is 5.52. The zero-order valence-electron chi connectivity index (χ0n) is 7.25. The molecule has 0 amide bonds. The van der Waals surface area contributed by atoms with E-state index in [0.29, 0.717) is 5.56 Å². The zero-order chi connectivity index (χ0) is 10.1. The van der Waals surface area contributed by atoms with E-state index in [1.807, 2.05) is 0 Å². The SMILES string of the molecule is [CH2]S(=O)(=O)Cc1cccc(C)c1F. The topological polar surface area (TPSA) is 34.1 Å². The number of halogens is 1. The number of aryl methyl sites for hydroxylation is 1. The Hall–Kier alpha value is -0.900. The molecular formula is C9H10FO2S. The normalized spacial score (nSPS) is 11.6. The van der Waals surface area contributed by atoms with Crippen LogP contribution in [0.4, 0.5) is 4.39 Å². The molecule has 71 valence electrons. The largest absolute Gasteiger partial charge is 0.228 e. The smallest absolute Gasteiger partial charge is 0.155 e. The molecule has 0 aromatic heterocycles. The lowest BCUT2D eigenvalue weighted by molar-refractivity contribution is 0.590. The highest BCUT2D eigenvalue weighted by molar-refractivity contribution is 7.91. The zero-order valence-corrected chi connectivity index (χ0v) is 8.07. The van der Waals surface area contributed by atoms with Crippen molar-refractivity contribution in [1.82, 2.24) is 0 Å². The first-order valence-electron chi connectivity index (χ1n) is 3.70. The summed E-state index contributed by atoms with van der Waals surface area (Å²) in [6, 6.07) is 4.67. The highest BCUT2D eigenvalue weighted by atomic mass is 32.2. The summed E-state index contributed by atoms with van der Waals surface area (Å²) < 4.78 is 34.8. The predicted octanol–water partition coefficient (Wildman–Crippen LogP) is 1.84. The number of hydrogen-bond donors (Lipinski definition) is 0. The van der Waals surface area contributed by atoms with Gasteiger partial charge in [0.2, 0.25) is 0 Å². The second kappa shape index (κ2) is 3.46. The summed E-state index contributed by atoms with van der Waals surface area (Å²) in [7, 11) is -3.41. The van der Waals surface area contributed by atoms with Crippen LogP contribution in [0.5, 0.6) is 0 Å². The van der Waals surface area contributed by atoms with Crippen molar-refractivity contribution in [1.29, 1.82) is 0 Å². The molecular weight excluding hydrogens is 191 g/mol. The molecule has 0 aliphatic rings. The van der Waals surface area contributed by atoms with Crippen LogP contribution in [0.2, 0.25) is 0 Å². The Morgan fingerprint density at radius 2 is 2.08 bits per heavy atom. The van der Waals surface area contributed by atoms with Crippen molar-refractivity contribution in [2.75, 3.05) is 0 Å². The van der Waals surface area contributed by atoms with Gasteiger partial charge < -0.3 is 0 Å². The maximum atomic E-state index is 13.2. The van der Waals surface area contributed by atoms with Gasteiger partial charge in [-0.05, 0) is 12.5 Å². The minimum Gasteiger partial charge on any atom is -0.228 e. The summed E-state index contributed by atoms with van der Waals surface area (Å²) >= 11 is 0. The van der Waals surface area contributed by atoms with Gasteiger partial charge in [-0.25, -0.2) is 12.8 Å². The first kappa shape index (κ1) is 10.2. The molecule has 0 fully saturated rings. The van der Waals surface area contributed by atoms with Crippen LogP contribution in [0.15, 0.2) is 18.2 Å². The summed E-state index contributed by atoms with van der Waals surface area (Å²) in [4.78, 5) is 0. The van der Waals surface area contributed by atoms with Crippen LogP contribution in [0, 0.1) is 19.0 Å². The van der Waals surface area contributed by atoms with Crippen LogP contribution >= 0.6 is 0 Å². The third-order valence-corrected chi connectivity index (χ3v) is 2.40. The maximum absolute atomic E-state index is 13.2. The Morgan fingerprint density at radius 3 is 2.62 bits per heavy atom. The molecule has 0 aliphatic carbocycles. The second-order valence-electron chi connectivity index (χ2n) is 2.94. The van der Waals surface area contributed by atoms with E-state index in [1.54, 1.807) is 19.1 Å².